The van der Waals surface area contributed by atoms with Crippen LogP contribution < -0.4 is 8.47 Å². The summed E-state index contributed by atoms with van der Waals surface area (Å²) in [6, 6.07) is 0.148. The van der Waals surface area contributed by atoms with E-state index >= 15 is 0 Å². The standard InChI is InChI=1S/C4H9BrN2O2S/c5-7-10(8,9)6-4-2-1-3-4/h4,6-7H,1-3H2. The molecule has 1 saturated carbocycles. The first kappa shape index (κ1) is 8.45. The number of hydrogen-bond acceptors (Lipinski definition) is 2. The molecule has 2 N–H and O–H groups in total. The highest BCUT2D eigenvalue weighted by Crippen LogP contribution is 2.18. The Morgan fingerprint density at radius 3 is 2.30 bits per heavy atom. The van der Waals surface area contributed by atoms with E-state index in [-0.39, 0.29) is 6.04 Å². The molecule has 4 nitrogen and oxygen atoms in total. The molecule has 0 heterocycles. The van der Waals surface area contributed by atoms with E-state index in [2.05, 4.69) is 20.9 Å². The van der Waals surface area contributed by atoms with Gasteiger partial charge in [-0.1, -0.05) is 6.42 Å². The number of halogens is 1. The lowest BCUT2D eigenvalue weighted by Crippen LogP contribution is -2.42. The quantitative estimate of drug-likeness (QED) is 0.682. The van der Waals surface area contributed by atoms with E-state index in [0.29, 0.717) is 0 Å². The third kappa shape index (κ3) is 2.19. The fraction of sp³-hybridized carbons (Fsp3) is 1.00. The van der Waals surface area contributed by atoms with Crippen LogP contribution in [0.5, 0.6) is 0 Å². The second-order valence-electron chi connectivity index (χ2n) is 2.33. The molecule has 10 heavy (non-hydrogen) atoms. The summed E-state index contributed by atoms with van der Waals surface area (Å²) < 4.78 is 25.9. The van der Waals surface area contributed by atoms with Crippen LogP contribution in [0.3, 0.4) is 0 Å². The molecular formula is C4H9BrN2O2S. The molecule has 0 unspecified atom stereocenters. The van der Waals surface area contributed by atoms with Crippen LogP contribution >= 0.6 is 16.1 Å². The molecule has 1 rings (SSSR count). The Morgan fingerprint density at radius 1 is 1.40 bits per heavy atom. The van der Waals surface area contributed by atoms with Crippen molar-refractivity contribution in [1.29, 1.82) is 0 Å². The van der Waals surface area contributed by atoms with Crippen molar-refractivity contribution in [3.63, 3.8) is 0 Å². The smallest absolute Gasteiger partial charge is 0.199 e. The van der Waals surface area contributed by atoms with Crippen molar-refractivity contribution in [2.45, 2.75) is 25.3 Å². The summed E-state index contributed by atoms with van der Waals surface area (Å²) in [5.74, 6) is 0. The van der Waals surface area contributed by atoms with Crippen molar-refractivity contribution in [3.05, 3.63) is 0 Å². The van der Waals surface area contributed by atoms with Gasteiger partial charge in [0, 0.05) is 22.2 Å². The minimum atomic E-state index is -3.26. The molecule has 0 saturated heterocycles. The Labute approximate surface area is 68.9 Å². The summed E-state index contributed by atoms with van der Waals surface area (Å²) in [6.45, 7) is 0. The molecular weight excluding hydrogens is 220 g/mol. The Bertz CT molecular complexity index is 199. The Balaban J connectivity index is 2.36. The number of hydrogen-bond donors (Lipinski definition) is 2. The van der Waals surface area contributed by atoms with Crippen LogP contribution in [-0.4, -0.2) is 14.5 Å². The molecule has 0 aromatic carbocycles. The summed E-state index contributed by atoms with van der Waals surface area (Å²) in [5.41, 5.74) is 0. The Kier molecular flexibility index (Phi) is 2.67. The van der Waals surface area contributed by atoms with Crippen LogP contribution in [0.25, 0.3) is 0 Å². The molecule has 0 amide bonds. The van der Waals surface area contributed by atoms with E-state index < -0.39 is 10.2 Å². The molecule has 1 aliphatic rings. The van der Waals surface area contributed by atoms with Gasteiger partial charge in [-0.3, -0.25) is 0 Å². The van der Waals surface area contributed by atoms with Crippen molar-refractivity contribution >= 4 is 26.4 Å². The summed E-state index contributed by atoms with van der Waals surface area (Å²) in [6.07, 6.45) is 3.03. The average molecular weight is 229 g/mol. The first-order valence-electron chi connectivity index (χ1n) is 3.04. The van der Waals surface area contributed by atoms with Gasteiger partial charge in [0.2, 0.25) is 0 Å². The van der Waals surface area contributed by atoms with Crippen molar-refractivity contribution in [3.8, 4) is 0 Å². The zero-order chi connectivity index (χ0) is 7.61. The summed E-state index contributed by atoms with van der Waals surface area (Å²) in [7, 11) is -3.26. The van der Waals surface area contributed by atoms with Gasteiger partial charge < -0.3 is 0 Å². The number of nitrogens with one attached hydrogen (secondary N) is 2. The van der Waals surface area contributed by atoms with Crippen molar-refractivity contribution in [2.75, 3.05) is 0 Å². The molecule has 0 spiro atoms. The van der Waals surface area contributed by atoms with Crippen molar-refractivity contribution in [1.82, 2.24) is 8.47 Å². The van der Waals surface area contributed by atoms with Crippen LogP contribution in [0.15, 0.2) is 0 Å². The lowest BCUT2D eigenvalue weighted by molar-refractivity contribution is 0.383. The number of rotatable bonds is 3. The zero-order valence-corrected chi connectivity index (χ0v) is 7.70. The lowest BCUT2D eigenvalue weighted by Gasteiger charge is -2.25. The fourth-order valence-corrected chi connectivity index (χ4v) is 1.77. The van der Waals surface area contributed by atoms with Gasteiger partial charge >= 0.3 is 0 Å². The van der Waals surface area contributed by atoms with Gasteiger partial charge in [-0.05, 0) is 12.8 Å². The molecule has 0 aliphatic heterocycles. The van der Waals surface area contributed by atoms with E-state index in [9.17, 15) is 8.42 Å². The maximum atomic E-state index is 10.7. The van der Waals surface area contributed by atoms with E-state index in [4.69, 9.17) is 0 Å². The molecule has 6 heteroatoms. The Morgan fingerprint density at radius 2 is 2.00 bits per heavy atom. The summed E-state index contributed by atoms with van der Waals surface area (Å²) in [4.78, 5) is 0. The largest absolute Gasteiger partial charge is 0.286 e. The van der Waals surface area contributed by atoms with Gasteiger partial charge in [-0.2, -0.15) is 13.1 Å². The van der Waals surface area contributed by atoms with Crippen LogP contribution in [0.4, 0.5) is 0 Å². The van der Waals surface area contributed by atoms with Gasteiger partial charge in [0.1, 0.15) is 0 Å². The molecule has 0 aromatic heterocycles. The van der Waals surface area contributed by atoms with Gasteiger partial charge in [0.05, 0.1) is 0 Å². The van der Waals surface area contributed by atoms with Crippen LogP contribution in [0.1, 0.15) is 19.3 Å². The van der Waals surface area contributed by atoms with Gasteiger partial charge in [-0.25, -0.2) is 0 Å². The molecule has 0 bridgehead atoms. The molecule has 60 valence electrons. The predicted octanol–water partition coefficient (Wildman–Crippen LogP) is 0.273. The molecule has 0 atom stereocenters. The predicted molar refractivity (Wildman–Crippen MR) is 41.8 cm³/mol. The minimum Gasteiger partial charge on any atom is -0.199 e. The van der Waals surface area contributed by atoms with Gasteiger partial charge in [-0.15, -0.1) is 3.75 Å². The second-order valence-corrected chi connectivity index (χ2v) is 4.69. The Hall–Kier alpha value is 0.350. The average Bonchev–Trinajstić information content (AvgIpc) is 1.80. The highest BCUT2D eigenvalue weighted by molar-refractivity contribution is 9.09. The van der Waals surface area contributed by atoms with Crippen LogP contribution in [0, 0.1) is 0 Å². The lowest BCUT2D eigenvalue weighted by atomic mass is 9.94. The molecule has 1 aliphatic carbocycles. The van der Waals surface area contributed by atoms with Gasteiger partial charge in [0.25, 0.3) is 10.2 Å². The first-order valence-corrected chi connectivity index (χ1v) is 5.31. The van der Waals surface area contributed by atoms with E-state index in [0.717, 1.165) is 19.3 Å². The molecule has 0 aromatic rings. The maximum Gasteiger partial charge on any atom is 0.286 e. The zero-order valence-electron chi connectivity index (χ0n) is 5.30. The molecule has 0 radical (unpaired) electrons. The maximum absolute atomic E-state index is 10.7. The highest BCUT2D eigenvalue weighted by Gasteiger charge is 2.22. The van der Waals surface area contributed by atoms with Crippen LogP contribution in [-0.2, 0) is 10.2 Å². The van der Waals surface area contributed by atoms with E-state index in [1.165, 1.54) is 0 Å². The third-order valence-electron chi connectivity index (χ3n) is 1.53. The topological polar surface area (TPSA) is 58.2 Å². The van der Waals surface area contributed by atoms with Crippen molar-refractivity contribution in [2.24, 2.45) is 0 Å². The first-order chi connectivity index (χ1) is 4.64. The van der Waals surface area contributed by atoms with Gasteiger partial charge in [0.15, 0.2) is 0 Å². The minimum absolute atomic E-state index is 0.148. The summed E-state index contributed by atoms with van der Waals surface area (Å²) in [5, 5.41) is 0. The third-order valence-corrected chi connectivity index (χ3v) is 3.65. The van der Waals surface area contributed by atoms with E-state index in [1.54, 1.807) is 0 Å². The second kappa shape index (κ2) is 3.17. The van der Waals surface area contributed by atoms with Crippen LogP contribution in [0.2, 0.25) is 0 Å². The normalized spacial score (nSPS) is 20.5. The molecule has 1 fully saturated rings. The summed E-state index contributed by atoms with van der Waals surface area (Å²) >= 11 is 2.65. The van der Waals surface area contributed by atoms with E-state index in [1.807, 2.05) is 3.75 Å². The fourth-order valence-electron chi connectivity index (χ4n) is 0.768. The SMILES string of the molecule is O=S(=O)(NBr)NC1CCC1. The monoisotopic (exact) mass is 228 g/mol. The highest BCUT2D eigenvalue weighted by atomic mass is 79.9. The van der Waals surface area contributed by atoms with Crippen molar-refractivity contribution < 1.29 is 8.42 Å².